The summed E-state index contributed by atoms with van der Waals surface area (Å²) in [7, 11) is 0. The number of hydrogen-bond donors (Lipinski definition) is 2. The van der Waals surface area contributed by atoms with Gasteiger partial charge in [0.05, 0.1) is 11.6 Å². The van der Waals surface area contributed by atoms with E-state index in [9.17, 15) is 4.79 Å². The van der Waals surface area contributed by atoms with Gasteiger partial charge in [-0.2, -0.15) is 0 Å². The highest BCUT2D eigenvalue weighted by Gasteiger charge is 2.17. The molecule has 0 aliphatic heterocycles. The molecule has 2 aromatic rings. The quantitative estimate of drug-likeness (QED) is 0.817. The molecule has 1 aromatic heterocycles. The Morgan fingerprint density at radius 2 is 2.14 bits per heavy atom. The van der Waals surface area contributed by atoms with Crippen LogP contribution in [0.1, 0.15) is 48.1 Å². The van der Waals surface area contributed by atoms with Crippen LogP contribution < -0.4 is 10.6 Å². The van der Waals surface area contributed by atoms with Crippen molar-refractivity contribution in [3.05, 3.63) is 46.4 Å². The Balaban J connectivity index is 2.12. The van der Waals surface area contributed by atoms with Crippen LogP contribution in [-0.4, -0.2) is 17.4 Å². The molecule has 112 valence electrons. The summed E-state index contributed by atoms with van der Waals surface area (Å²) >= 11 is 1.57. The summed E-state index contributed by atoms with van der Waals surface area (Å²) in [6, 6.07) is 7.58. The Hall–Kier alpha value is -1.88. The van der Waals surface area contributed by atoms with Crippen LogP contribution in [0.4, 0.5) is 5.69 Å². The molecule has 2 N–H and O–H groups in total. The van der Waals surface area contributed by atoms with Crippen molar-refractivity contribution in [1.29, 1.82) is 0 Å². The monoisotopic (exact) mass is 303 g/mol. The normalized spacial score (nSPS) is 11.9. The molecule has 1 unspecified atom stereocenters. The summed E-state index contributed by atoms with van der Waals surface area (Å²) < 4.78 is 0. The van der Waals surface area contributed by atoms with Gasteiger partial charge in [-0.1, -0.05) is 26.0 Å². The van der Waals surface area contributed by atoms with Gasteiger partial charge >= 0.3 is 0 Å². The molecule has 1 atom stereocenters. The number of carbonyl (C=O) groups is 1. The number of hydrogen-bond acceptors (Lipinski definition) is 4. The first-order chi connectivity index (χ1) is 10.3. The van der Waals surface area contributed by atoms with E-state index in [1.54, 1.807) is 17.5 Å². The number of aromatic nitrogens is 1. The number of nitrogens with zero attached hydrogens (tertiary/aromatic N) is 1. The van der Waals surface area contributed by atoms with E-state index >= 15 is 0 Å². The maximum atomic E-state index is 12.5. The maximum Gasteiger partial charge on any atom is 0.253 e. The minimum absolute atomic E-state index is 0.0308. The van der Waals surface area contributed by atoms with Gasteiger partial charge in [0.25, 0.3) is 5.91 Å². The fraction of sp³-hybridized carbons (Fsp3) is 0.375. The first-order valence-electron chi connectivity index (χ1n) is 7.29. The molecule has 0 bridgehead atoms. The Morgan fingerprint density at radius 1 is 1.33 bits per heavy atom. The van der Waals surface area contributed by atoms with Crippen LogP contribution in [0.3, 0.4) is 0 Å². The molecule has 1 heterocycles. The number of amides is 1. The molecular formula is C16H21N3OS. The molecular weight excluding hydrogens is 282 g/mol. The average molecular weight is 303 g/mol. The first-order valence-corrected chi connectivity index (χ1v) is 8.17. The molecule has 0 spiro atoms. The van der Waals surface area contributed by atoms with E-state index in [1.807, 2.05) is 36.6 Å². The van der Waals surface area contributed by atoms with Crippen LogP contribution >= 0.6 is 11.3 Å². The van der Waals surface area contributed by atoms with E-state index < -0.39 is 0 Å². The van der Waals surface area contributed by atoms with Gasteiger partial charge in [0, 0.05) is 23.8 Å². The second-order valence-electron chi connectivity index (χ2n) is 4.78. The lowest BCUT2D eigenvalue weighted by Gasteiger charge is -2.16. The highest BCUT2D eigenvalue weighted by molar-refractivity contribution is 7.09. The number of benzene rings is 1. The topological polar surface area (TPSA) is 54.0 Å². The fourth-order valence-electron chi connectivity index (χ4n) is 2.08. The van der Waals surface area contributed by atoms with Crippen molar-refractivity contribution in [3.63, 3.8) is 0 Å². The van der Waals surface area contributed by atoms with Gasteiger partial charge in [-0.05, 0) is 25.0 Å². The minimum Gasteiger partial charge on any atom is -0.384 e. The van der Waals surface area contributed by atoms with Crippen molar-refractivity contribution >= 4 is 22.9 Å². The van der Waals surface area contributed by atoms with Crippen LogP contribution in [-0.2, 0) is 0 Å². The van der Waals surface area contributed by atoms with Crippen LogP contribution in [0.25, 0.3) is 0 Å². The van der Waals surface area contributed by atoms with E-state index in [4.69, 9.17) is 0 Å². The highest BCUT2D eigenvalue weighted by Crippen LogP contribution is 2.21. The fourth-order valence-corrected chi connectivity index (χ4v) is 2.85. The lowest BCUT2D eigenvalue weighted by molar-refractivity contribution is 0.0936. The van der Waals surface area contributed by atoms with Gasteiger partial charge in [-0.15, -0.1) is 11.3 Å². The lowest BCUT2D eigenvalue weighted by atomic mass is 10.1. The molecule has 0 saturated heterocycles. The molecule has 4 nitrogen and oxygen atoms in total. The molecule has 2 rings (SSSR count). The number of nitrogens with one attached hydrogen (secondary N) is 2. The van der Waals surface area contributed by atoms with Crippen LogP contribution in [0.15, 0.2) is 35.8 Å². The smallest absolute Gasteiger partial charge is 0.253 e. The molecule has 21 heavy (non-hydrogen) atoms. The zero-order chi connectivity index (χ0) is 15.1. The number of para-hydroxylation sites is 1. The van der Waals surface area contributed by atoms with Gasteiger partial charge < -0.3 is 10.6 Å². The maximum absolute atomic E-state index is 12.5. The predicted molar refractivity (Wildman–Crippen MR) is 87.8 cm³/mol. The molecule has 0 saturated carbocycles. The van der Waals surface area contributed by atoms with E-state index in [1.165, 1.54) is 0 Å². The Bertz CT molecular complexity index is 569. The highest BCUT2D eigenvalue weighted by atomic mass is 32.1. The van der Waals surface area contributed by atoms with Crippen molar-refractivity contribution < 1.29 is 4.79 Å². The predicted octanol–water partition coefficient (Wildman–Crippen LogP) is 3.85. The SMILES string of the molecule is CCCNc1ccccc1C(=O)NC(CC)c1nccs1. The van der Waals surface area contributed by atoms with E-state index in [-0.39, 0.29) is 11.9 Å². The standard InChI is InChI=1S/C16H21N3OS/c1-3-9-17-14-8-6-5-7-12(14)15(20)19-13(4-2)16-18-10-11-21-16/h5-8,10-11,13,17H,3-4,9H2,1-2H3,(H,19,20). The molecule has 0 aliphatic rings. The minimum atomic E-state index is -0.0590. The Kier molecular flexibility index (Phi) is 5.75. The summed E-state index contributed by atoms with van der Waals surface area (Å²) in [5.74, 6) is -0.0590. The average Bonchev–Trinajstić information content (AvgIpc) is 3.04. The Morgan fingerprint density at radius 3 is 2.81 bits per heavy atom. The van der Waals surface area contributed by atoms with Gasteiger partial charge in [-0.3, -0.25) is 4.79 Å². The van der Waals surface area contributed by atoms with E-state index in [2.05, 4.69) is 22.5 Å². The number of thiazole rings is 1. The largest absolute Gasteiger partial charge is 0.384 e. The molecule has 0 radical (unpaired) electrons. The molecule has 1 aromatic carbocycles. The van der Waals surface area contributed by atoms with Crippen molar-refractivity contribution in [2.75, 3.05) is 11.9 Å². The third-order valence-electron chi connectivity index (χ3n) is 3.20. The van der Waals surface area contributed by atoms with Gasteiger partial charge in [0.2, 0.25) is 0 Å². The van der Waals surface area contributed by atoms with E-state index in [0.29, 0.717) is 5.56 Å². The summed E-state index contributed by atoms with van der Waals surface area (Å²) in [5.41, 5.74) is 1.56. The third kappa shape index (κ3) is 4.04. The van der Waals surface area contributed by atoms with Gasteiger partial charge in [-0.25, -0.2) is 4.98 Å². The van der Waals surface area contributed by atoms with Crippen LogP contribution in [0.5, 0.6) is 0 Å². The van der Waals surface area contributed by atoms with Crippen molar-refractivity contribution in [1.82, 2.24) is 10.3 Å². The van der Waals surface area contributed by atoms with Crippen molar-refractivity contribution in [2.45, 2.75) is 32.7 Å². The summed E-state index contributed by atoms with van der Waals surface area (Å²) in [5, 5.41) is 9.25. The molecule has 5 heteroatoms. The summed E-state index contributed by atoms with van der Waals surface area (Å²) in [4.78, 5) is 16.8. The summed E-state index contributed by atoms with van der Waals surface area (Å²) in [6.07, 6.45) is 3.61. The second-order valence-corrected chi connectivity index (χ2v) is 5.70. The Labute approximate surface area is 129 Å². The molecule has 1 amide bonds. The van der Waals surface area contributed by atoms with Gasteiger partial charge in [0.1, 0.15) is 5.01 Å². The number of rotatable bonds is 7. The molecule has 0 aliphatic carbocycles. The zero-order valence-corrected chi connectivity index (χ0v) is 13.2. The van der Waals surface area contributed by atoms with Gasteiger partial charge in [0.15, 0.2) is 0 Å². The second kappa shape index (κ2) is 7.78. The van der Waals surface area contributed by atoms with E-state index in [0.717, 1.165) is 30.1 Å². The van der Waals surface area contributed by atoms with Crippen LogP contribution in [0, 0.1) is 0 Å². The number of carbonyl (C=O) groups excluding carboxylic acids is 1. The lowest BCUT2D eigenvalue weighted by Crippen LogP contribution is -2.28. The first kappa shape index (κ1) is 15.5. The molecule has 0 fully saturated rings. The van der Waals surface area contributed by atoms with Crippen molar-refractivity contribution in [2.24, 2.45) is 0 Å². The summed E-state index contributed by atoms with van der Waals surface area (Å²) in [6.45, 7) is 5.01. The zero-order valence-electron chi connectivity index (χ0n) is 12.4. The van der Waals surface area contributed by atoms with Crippen molar-refractivity contribution in [3.8, 4) is 0 Å². The third-order valence-corrected chi connectivity index (χ3v) is 4.09. The van der Waals surface area contributed by atoms with Crippen LogP contribution in [0.2, 0.25) is 0 Å². The number of anilines is 1.